The van der Waals surface area contributed by atoms with E-state index in [1.165, 1.54) is 12.1 Å². The summed E-state index contributed by atoms with van der Waals surface area (Å²) in [6.45, 7) is 0. The second kappa shape index (κ2) is 6.11. The molecule has 110 valence electrons. The predicted octanol–water partition coefficient (Wildman–Crippen LogP) is 2.47. The van der Waals surface area contributed by atoms with Crippen molar-refractivity contribution in [3.8, 4) is 0 Å². The number of hydrogen-bond acceptors (Lipinski definition) is 4. The second-order valence-corrected chi connectivity index (χ2v) is 7.98. The van der Waals surface area contributed by atoms with Crippen molar-refractivity contribution in [1.29, 1.82) is 0 Å². The van der Waals surface area contributed by atoms with Crippen molar-refractivity contribution in [3.63, 3.8) is 0 Å². The van der Waals surface area contributed by atoms with Crippen LogP contribution in [0.4, 0.5) is 5.69 Å². The van der Waals surface area contributed by atoms with Gasteiger partial charge in [-0.3, -0.25) is 4.79 Å². The van der Waals surface area contributed by atoms with Crippen molar-refractivity contribution in [2.24, 2.45) is 5.14 Å². The van der Waals surface area contributed by atoms with Crippen LogP contribution in [0, 0.1) is 0 Å². The van der Waals surface area contributed by atoms with E-state index in [0.717, 1.165) is 18.6 Å². The monoisotopic (exact) mass is 354 g/mol. The topological polar surface area (TPSA) is 89.3 Å². The van der Waals surface area contributed by atoms with Crippen molar-refractivity contribution < 1.29 is 13.2 Å². The van der Waals surface area contributed by atoms with Crippen LogP contribution in [0.1, 0.15) is 12.8 Å². The summed E-state index contributed by atoms with van der Waals surface area (Å²) in [5, 5.41) is 7.60. The number of anilines is 1. The number of nitrogens with two attached hydrogens (primary N) is 1. The normalized spacial score (nSPS) is 19.1. The third kappa shape index (κ3) is 3.59. The van der Waals surface area contributed by atoms with Crippen molar-refractivity contribution in [3.05, 3.63) is 22.2 Å². The van der Waals surface area contributed by atoms with Crippen molar-refractivity contribution in [2.75, 3.05) is 11.1 Å². The van der Waals surface area contributed by atoms with E-state index in [-0.39, 0.29) is 31.8 Å². The molecule has 0 radical (unpaired) electrons. The van der Waals surface area contributed by atoms with Crippen molar-refractivity contribution in [1.82, 2.24) is 0 Å². The maximum absolute atomic E-state index is 12.0. The van der Waals surface area contributed by atoms with E-state index in [1.807, 2.05) is 0 Å². The number of halogens is 2. The first-order chi connectivity index (χ1) is 9.29. The van der Waals surface area contributed by atoms with Crippen LogP contribution >= 0.6 is 35.0 Å². The molecule has 0 aromatic heterocycles. The number of sulfonamides is 1. The molecule has 1 heterocycles. The lowest BCUT2D eigenvalue weighted by Gasteiger charge is -2.13. The first kappa shape index (κ1) is 15.9. The molecule has 0 spiro atoms. The smallest absolute Gasteiger partial charge is 0.238 e. The molecule has 1 amide bonds. The van der Waals surface area contributed by atoms with Gasteiger partial charge < -0.3 is 5.32 Å². The predicted molar refractivity (Wildman–Crippen MR) is 81.9 cm³/mol. The fourth-order valence-corrected chi connectivity index (χ4v) is 4.26. The quantitative estimate of drug-likeness (QED) is 0.872. The summed E-state index contributed by atoms with van der Waals surface area (Å²) in [5.74, 6) is 0.767. The molecule has 0 saturated carbocycles. The fourth-order valence-electron chi connectivity index (χ4n) is 1.82. The Morgan fingerprint density at radius 1 is 1.35 bits per heavy atom. The average Bonchev–Trinajstić information content (AvgIpc) is 2.85. The van der Waals surface area contributed by atoms with Crippen LogP contribution in [-0.2, 0) is 14.8 Å². The molecule has 20 heavy (non-hydrogen) atoms. The summed E-state index contributed by atoms with van der Waals surface area (Å²) in [6.07, 6.45) is 1.80. The highest BCUT2D eigenvalue weighted by Gasteiger charge is 2.25. The zero-order chi connectivity index (χ0) is 14.9. The Hall–Kier alpha value is -0.470. The first-order valence-corrected chi connectivity index (χ1v) is 9.08. The third-order valence-corrected chi connectivity index (χ3v) is 5.68. The fraction of sp³-hybridized carbons (Fsp3) is 0.364. The van der Waals surface area contributed by atoms with Gasteiger partial charge in [0.1, 0.15) is 0 Å². The average molecular weight is 355 g/mol. The molecule has 1 unspecified atom stereocenters. The molecule has 1 fully saturated rings. The lowest BCUT2D eigenvalue weighted by molar-refractivity contribution is -0.115. The van der Waals surface area contributed by atoms with Crippen LogP contribution in [0.2, 0.25) is 10.0 Å². The van der Waals surface area contributed by atoms with Crippen molar-refractivity contribution >= 4 is 56.6 Å². The molecule has 0 bridgehead atoms. The Morgan fingerprint density at radius 2 is 1.95 bits per heavy atom. The zero-order valence-corrected chi connectivity index (χ0v) is 13.4. The molecule has 1 aliphatic heterocycles. The number of amides is 1. The lowest BCUT2D eigenvalue weighted by Crippen LogP contribution is -2.23. The minimum Gasteiger partial charge on any atom is -0.323 e. The van der Waals surface area contributed by atoms with E-state index in [4.69, 9.17) is 28.3 Å². The van der Waals surface area contributed by atoms with Gasteiger partial charge in [-0.2, -0.15) is 0 Å². The molecular formula is C11H12Cl2N2O3S2. The van der Waals surface area contributed by atoms with E-state index in [9.17, 15) is 13.2 Å². The van der Waals surface area contributed by atoms with Crippen LogP contribution in [0.3, 0.4) is 0 Å². The third-order valence-electron chi connectivity index (χ3n) is 2.81. The van der Waals surface area contributed by atoms with E-state index in [1.54, 1.807) is 11.8 Å². The minimum absolute atomic E-state index is 0.0397. The summed E-state index contributed by atoms with van der Waals surface area (Å²) in [6, 6.07) is 2.33. The Balaban J connectivity index is 2.26. The van der Waals surface area contributed by atoms with Gasteiger partial charge in [0, 0.05) is 0 Å². The number of thioether (sulfide) groups is 1. The Morgan fingerprint density at radius 3 is 2.40 bits per heavy atom. The van der Waals surface area contributed by atoms with E-state index >= 15 is 0 Å². The molecule has 2 rings (SSSR count). The summed E-state index contributed by atoms with van der Waals surface area (Å²) in [5.41, 5.74) is 0.207. The molecule has 5 nitrogen and oxygen atoms in total. The van der Waals surface area contributed by atoms with Crippen molar-refractivity contribution in [2.45, 2.75) is 23.0 Å². The van der Waals surface area contributed by atoms with E-state index in [0.29, 0.717) is 0 Å². The lowest BCUT2D eigenvalue weighted by atomic mass is 10.2. The molecule has 1 aromatic carbocycles. The Kier molecular flexibility index (Phi) is 4.86. The maximum Gasteiger partial charge on any atom is 0.238 e. The van der Waals surface area contributed by atoms with Gasteiger partial charge in [-0.25, -0.2) is 13.6 Å². The SMILES string of the molecule is NS(=O)(=O)c1cc(Cl)c(NC(=O)C2CCCS2)c(Cl)c1. The number of hydrogen-bond donors (Lipinski definition) is 2. The summed E-state index contributed by atoms with van der Waals surface area (Å²) < 4.78 is 22.5. The zero-order valence-electron chi connectivity index (χ0n) is 10.2. The van der Waals surface area contributed by atoms with E-state index in [2.05, 4.69) is 5.32 Å². The van der Waals surface area contributed by atoms with Gasteiger partial charge in [-0.15, -0.1) is 11.8 Å². The van der Waals surface area contributed by atoms with E-state index < -0.39 is 10.0 Å². The molecular weight excluding hydrogens is 343 g/mol. The number of nitrogens with one attached hydrogen (secondary N) is 1. The van der Waals surface area contributed by atoms with Gasteiger partial charge >= 0.3 is 0 Å². The highest BCUT2D eigenvalue weighted by Crippen LogP contribution is 2.34. The molecule has 3 N–H and O–H groups in total. The number of rotatable bonds is 3. The molecule has 1 saturated heterocycles. The van der Waals surface area contributed by atoms with Crippen LogP contribution in [0.25, 0.3) is 0 Å². The largest absolute Gasteiger partial charge is 0.323 e. The number of benzene rings is 1. The van der Waals surface area contributed by atoms with Gasteiger partial charge in [0.25, 0.3) is 0 Å². The number of primary sulfonamides is 1. The van der Waals surface area contributed by atoms with Crippen LogP contribution in [0.15, 0.2) is 17.0 Å². The second-order valence-electron chi connectivity index (χ2n) is 4.30. The molecule has 1 atom stereocenters. The van der Waals surface area contributed by atoms with Gasteiger partial charge in [0.05, 0.1) is 25.9 Å². The van der Waals surface area contributed by atoms with Gasteiger partial charge in [0.2, 0.25) is 15.9 Å². The Bertz CT molecular complexity index is 620. The summed E-state index contributed by atoms with van der Waals surface area (Å²) >= 11 is 13.5. The summed E-state index contributed by atoms with van der Waals surface area (Å²) in [7, 11) is -3.89. The molecule has 1 aromatic rings. The van der Waals surface area contributed by atoms with Gasteiger partial charge in [0.15, 0.2) is 0 Å². The number of carbonyl (C=O) groups is 1. The molecule has 9 heteroatoms. The van der Waals surface area contributed by atoms with Crippen LogP contribution in [0.5, 0.6) is 0 Å². The highest BCUT2D eigenvalue weighted by atomic mass is 35.5. The highest BCUT2D eigenvalue weighted by molar-refractivity contribution is 8.00. The van der Waals surface area contributed by atoms with Crippen LogP contribution < -0.4 is 10.5 Å². The maximum atomic E-state index is 12.0. The summed E-state index contributed by atoms with van der Waals surface area (Å²) in [4.78, 5) is 11.8. The number of carbonyl (C=O) groups excluding carboxylic acids is 1. The standard InChI is InChI=1S/C11H12Cl2N2O3S2/c12-7-4-6(20(14,17)18)5-8(13)10(7)15-11(16)9-2-1-3-19-9/h4-5,9H,1-3H2,(H,15,16)(H2,14,17,18). The minimum atomic E-state index is -3.89. The van der Waals surface area contributed by atoms with Crippen LogP contribution in [-0.4, -0.2) is 25.3 Å². The first-order valence-electron chi connectivity index (χ1n) is 5.73. The van der Waals surface area contributed by atoms with Gasteiger partial charge in [-0.1, -0.05) is 23.2 Å². The van der Waals surface area contributed by atoms with Gasteiger partial charge in [-0.05, 0) is 30.7 Å². The molecule has 1 aliphatic rings. The molecule has 0 aliphatic carbocycles. The Labute approximate surface area is 131 Å².